The van der Waals surface area contributed by atoms with Crippen LogP contribution in [0.2, 0.25) is 6.32 Å². The topological polar surface area (TPSA) is 12.5 Å². The molecule has 1 rings (SSSR count). The van der Waals surface area contributed by atoms with Crippen molar-refractivity contribution in [2.75, 3.05) is 32.8 Å². The second kappa shape index (κ2) is 3.91. The summed E-state index contributed by atoms with van der Waals surface area (Å²) in [4.78, 5) is 2.45. The number of rotatable bonds is 2. The minimum atomic E-state index is 0.931. The molecule has 9 heavy (non-hydrogen) atoms. The summed E-state index contributed by atoms with van der Waals surface area (Å²) in [7, 11) is 2.22. The van der Waals surface area contributed by atoms with Gasteiger partial charge in [-0.25, -0.2) is 0 Å². The number of ether oxygens (including phenoxy) is 1. The summed E-state index contributed by atoms with van der Waals surface area (Å²) >= 11 is 0. The van der Waals surface area contributed by atoms with E-state index >= 15 is 0 Å². The van der Waals surface area contributed by atoms with Gasteiger partial charge in [-0.05, 0) is 6.54 Å². The fraction of sp³-hybridized carbons (Fsp3) is 1.00. The third kappa shape index (κ3) is 2.37. The minimum Gasteiger partial charge on any atom is -0.379 e. The Balaban J connectivity index is 2.08. The van der Waals surface area contributed by atoms with E-state index in [4.69, 9.17) is 4.74 Å². The molecule has 3 heteroatoms. The highest BCUT2D eigenvalue weighted by atomic mass is 16.5. The third-order valence-corrected chi connectivity index (χ3v) is 1.64. The van der Waals surface area contributed by atoms with Crippen molar-refractivity contribution in [2.45, 2.75) is 6.32 Å². The first-order valence-electron chi connectivity index (χ1n) is 3.73. The fourth-order valence-electron chi connectivity index (χ4n) is 1.14. The standard InChI is InChI=1S/C6H14BNO/c7-1-2-8-3-5-9-6-4-8/h1-7H2. The molecule has 1 aliphatic heterocycles. The highest BCUT2D eigenvalue weighted by Gasteiger charge is 2.07. The molecule has 0 amide bonds. The van der Waals surface area contributed by atoms with Gasteiger partial charge in [-0.3, -0.25) is 4.90 Å². The van der Waals surface area contributed by atoms with Crippen LogP contribution in [0.25, 0.3) is 0 Å². The zero-order valence-corrected chi connectivity index (χ0v) is 6.10. The van der Waals surface area contributed by atoms with E-state index in [9.17, 15) is 0 Å². The Morgan fingerprint density at radius 1 is 1.33 bits per heavy atom. The summed E-state index contributed by atoms with van der Waals surface area (Å²) in [6.07, 6.45) is 1.26. The Kier molecular flexibility index (Phi) is 3.08. The van der Waals surface area contributed by atoms with E-state index in [1.807, 2.05) is 0 Å². The molecular formula is C6H14BNO. The molecule has 0 unspecified atom stereocenters. The van der Waals surface area contributed by atoms with Gasteiger partial charge < -0.3 is 4.74 Å². The molecule has 1 aliphatic rings. The maximum atomic E-state index is 5.20. The molecule has 1 fully saturated rings. The van der Waals surface area contributed by atoms with E-state index in [0.717, 1.165) is 26.3 Å². The molecular weight excluding hydrogens is 113 g/mol. The molecule has 0 atom stereocenters. The van der Waals surface area contributed by atoms with Crippen LogP contribution in [-0.2, 0) is 4.74 Å². The summed E-state index contributed by atoms with van der Waals surface area (Å²) in [6.45, 7) is 5.37. The molecule has 0 N–H and O–H groups in total. The van der Waals surface area contributed by atoms with Crippen molar-refractivity contribution in [3.8, 4) is 0 Å². The van der Waals surface area contributed by atoms with Crippen molar-refractivity contribution in [3.05, 3.63) is 0 Å². The number of hydrogen-bond donors (Lipinski definition) is 0. The maximum Gasteiger partial charge on any atom is 0.103 e. The second-order valence-corrected chi connectivity index (χ2v) is 2.45. The molecule has 52 valence electrons. The molecule has 2 nitrogen and oxygen atoms in total. The first-order valence-corrected chi connectivity index (χ1v) is 3.73. The van der Waals surface area contributed by atoms with Crippen LogP contribution in [0.4, 0.5) is 0 Å². The quantitative estimate of drug-likeness (QED) is 0.458. The van der Waals surface area contributed by atoms with E-state index in [1.54, 1.807) is 0 Å². The summed E-state index contributed by atoms with van der Waals surface area (Å²) in [6, 6.07) is 0. The lowest BCUT2D eigenvalue weighted by atomic mass is 10.1. The number of hydrogen-bond acceptors (Lipinski definition) is 2. The van der Waals surface area contributed by atoms with Gasteiger partial charge in [0.15, 0.2) is 0 Å². The molecule has 0 bridgehead atoms. The highest BCUT2D eigenvalue weighted by molar-refractivity contribution is 6.08. The Hall–Kier alpha value is -0.0151. The largest absolute Gasteiger partial charge is 0.379 e. The van der Waals surface area contributed by atoms with Gasteiger partial charge in [0.05, 0.1) is 13.2 Å². The monoisotopic (exact) mass is 127 g/mol. The van der Waals surface area contributed by atoms with Crippen molar-refractivity contribution >= 4 is 7.85 Å². The van der Waals surface area contributed by atoms with Gasteiger partial charge in [0.25, 0.3) is 0 Å². The Morgan fingerprint density at radius 2 is 2.00 bits per heavy atom. The molecule has 1 saturated heterocycles. The van der Waals surface area contributed by atoms with Crippen molar-refractivity contribution in [3.63, 3.8) is 0 Å². The average Bonchev–Trinajstić information content (AvgIpc) is 1.91. The first-order chi connectivity index (χ1) is 4.43. The summed E-state index contributed by atoms with van der Waals surface area (Å²) in [5.74, 6) is 0. The molecule has 0 spiro atoms. The van der Waals surface area contributed by atoms with Gasteiger partial charge in [0, 0.05) is 13.1 Å². The van der Waals surface area contributed by atoms with Crippen LogP contribution >= 0.6 is 0 Å². The molecule has 0 saturated carbocycles. The molecule has 0 radical (unpaired) electrons. The summed E-state index contributed by atoms with van der Waals surface area (Å²) in [5, 5.41) is 0. The fourth-order valence-corrected chi connectivity index (χ4v) is 1.14. The van der Waals surface area contributed by atoms with Crippen molar-refractivity contribution in [1.82, 2.24) is 4.90 Å². The van der Waals surface area contributed by atoms with Crippen LogP contribution in [0.1, 0.15) is 0 Å². The van der Waals surface area contributed by atoms with Crippen molar-refractivity contribution in [1.29, 1.82) is 0 Å². The van der Waals surface area contributed by atoms with Crippen molar-refractivity contribution < 1.29 is 4.74 Å². The lowest BCUT2D eigenvalue weighted by Crippen LogP contribution is -2.36. The zero-order chi connectivity index (χ0) is 6.53. The van der Waals surface area contributed by atoms with Crippen LogP contribution in [-0.4, -0.2) is 45.6 Å². The Bertz CT molecular complexity index is 70.7. The summed E-state index contributed by atoms with van der Waals surface area (Å²) < 4.78 is 5.20. The predicted molar refractivity (Wildman–Crippen MR) is 40.6 cm³/mol. The maximum absolute atomic E-state index is 5.20. The SMILES string of the molecule is BCCN1CCOCC1. The van der Waals surface area contributed by atoms with Crippen LogP contribution in [0.15, 0.2) is 0 Å². The van der Waals surface area contributed by atoms with Crippen LogP contribution in [0, 0.1) is 0 Å². The van der Waals surface area contributed by atoms with Gasteiger partial charge in [0.2, 0.25) is 0 Å². The molecule has 0 aromatic carbocycles. The van der Waals surface area contributed by atoms with Gasteiger partial charge in [0.1, 0.15) is 7.85 Å². The number of morpholine rings is 1. The summed E-state index contributed by atoms with van der Waals surface area (Å²) in [5.41, 5.74) is 0. The van der Waals surface area contributed by atoms with Crippen LogP contribution < -0.4 is 0 Å². The molecule has 0 aliphatic carbocycles. The van der Waals surface area contributed by atoms with E-state index in [-0.39, 0.29) is 0 Å². The van der Waals surface area contributed by atoms with Gasteiger partial charge in [-0.15, -0.1) is 0 Å². The Labute approximate surface area is 57.6 Å². The molecule has 0 aromatic heterocycles. The Morgan fingerprint density at radius 3 is 2.56 bits per heavy atom. The number of nitrogens with zero attached hydrogens (tertiary/aromatic N) is 1. The second-order valence-electron chi connectivity index (χ2n) is 2.45. The highest BCUT2D eigenvalue weighted by Crippen LogP contribution is 1.95. The lowest BCUT2D eigenvalue weighted by molar-refractivity contribution is 0.0405. The first kappa shape index (κ1) is 7.10. The zero-order valence-electron chi connectivity index (χ0n) is 6.10. The predicted octanol–water partition coefficient (Wildman–Crippen LogP) is -0.630. The third-order valence-electron chi connectivity index (χ3n) is 1.64. The van der Waals surface area contributed by atoms with E-state index in [2.05, 4.69) is 12.7 Å². The van der Waals surface area contributed by atoms with Gasteiger partial charge in [-0.2, -0.15) is 0 Å². The van der Waals surface area contributed by atoms with Crippen LogP contribution in [0.5, 0.6) is 0 Å². The van der Waals surface area contributed by atoms with Gasteiger partial charge in [-0.1, -0.05) is 6.32 Å². The van der Waals surface area contributed by atoms with Crippen LogP contribution in [0.3, 0.4) is 0 Å². The van der Waals surface area contributed by atoms with E-state index in [1.165, 1.54) is 12.9 Å². The van der Waals surface area contributed by atoms with E-state index < -0.39 is 0 Å². The molecule has 0 aromatic rings. The molecule has 1 heterocycles. The van der Waals surface area contributed by atoms with Crippen molar-refractivity contribution in [2.24, 2.45) is 0 Å². The average molecular weight is 127 g/mol. The normalized spacial score (nSPS) is 22.2. The minimum absolute atomic E-state index is 0.931. The van der Waals surface area contributed by atoms with Gasteiger partial charge >= 0.3 is 0 Å². The lowest BCUT2D eigenvalue weighted by Gasteiger charge is -2.25. The smallest absolute Gasteiger partial charge is 0.103 e. The van der Waals surface area contributed by atoms with E-state index in [0.29, 0.717) is 0 Å².